The fraction of sp³-hybridized carbons (Fsp3) is 0.474. The van der Waals surface area contributed by atoms with Crippen molar-refractivity contribution >= 4 is 22.1 Å². The number of nitrogens with one attached hydrogen (secondary N) is 1. The Morgan fingerprint density at radius 1 is 1.19 bits per heavy atom. The minimum absolute atomic E-state index is 0.180. The van der Waals surface area contributed by atoms with Gasteiger partial charge >= 0.3 is 0 Å². The van der Waals surface area contributed by atoms with Crippen LogP contribution in [0.4, 0.5) is 0 Å². The van der Waals surface area contributed by atoms with Gasteiger partial charge in [-0.25, -0.2) is 4.98 Å². The summed E-state index contributed by atoms with van der Waals surface area (Å²) in [7, 11) is 0. The number of fused-ring (bicyclic) bond motifs is 3. The third-order valence-corrected chi connectivity index (χ3v) is 5.26. The van der Waals surface area contributed by atoms with Crippen molar-refractivity contribution in [3.05, 3.63) is 40.4 Å². The van der Waals surface area contributed by atoms with E-state index in [4.69, 9.17) is 18.9 Å². The zero-order valence-electron chi connectivity index (χ0n) is 14.4. The van der Waals surface area contributed by atoms with Crippen molar-refractivity contribution in [3.8, 4) is 0 Å². The molecule has 136 valence electrons. The molecule has 1 atom stereocenters. The molecule has 1 N–H and O–H groups in total. The van der Waals surface area contributed by atoms with E-state index in [1.807, 2.05) is 24.3 Å². The van der Waals surface area contributed by atoms with Crippen molar-refractivity contribution in [3.63, 3.8) is 0 Å². The number of rotatable bonds is 3. The van der Waals surface area contributed by atoms with Crippen LogP contribution in [0, 0.1) is 0 Å². The van der Waals surface area contributed by atoms with Gasteiger partial charge in [0.1, 0.15) is 16.9 Å². The van der Waals surface area contributed by atoms with Gasteiger partial charge < -0.3 is 18.9 Å². The number of hydrogen-bond acceptors (Lipinski definition) is 6. The lowest BCUT2D eigenvalue weighted by atomic mass is 10.0. The third kappa shape index (κ3) is 2.72. The molecule has 0 radical (unpaired) electrons. The van der Waals surface area contributed by atoms with Crippen molar-refractivity contribution in [2.24, 2.45) is 0 Å². The highest BCUT2D eigenvalue weighted by Gasteiger charge is 2.34. The normalized spacial score (nSPS) is 22.5. The number of para-hydroxylation sites is 1. The molecule has 0 bridgehead atoms. The molecule has 0 aliphatic carbocycles. The third-order valence-electron chi connectivity index (χ3n) is 5.26. The standard InChI is InChI=1S/C19H21N3O4/c23-18-17-16(12-5-1-2-7-14(12)26-17)20-15(21-18)11-22-8-4-3-6-13(22)19-24-9-10-25-19/h1-2,5,7,13,19H,3-4,6,8-11H2,(H,20,21,23). The molecule has 0 amide bonds. The lowest BCUT2D eigenvalue weighted by molar-refractivity contribution is -0.111. The van der Waals surface area contributed by atoms with Gasteiger partial charge in [0, 0.05) is 5.39 Å². The number of hydrogen-bond donors (Lipinski definition) is 1. The Bertz CT molecular complexity index is 989. The van der Waals surface area contributed by atoms with Gasteiger partial charge in [-0.15, -0.1) is 0 Å². The maximum absolute atomic E-state index is 12.5. The second-order valence-corrected chi connectivity index (χ2v) is 6.93. The van der Waals surface area contributed by atoms with E-state index in [9.17, 15) is 4.79 Å². The molecule has 1 unspecified atom stereocenters. The molecule has 1 aromatic carbocycles. The fourth-order valence-electron chi connectivity index (χ4n) is 4.03. The van der Waals surface area contributed by atoms with Gasteiger partial charge in [0.05, 0.1) is 25.8 Å². The summed E-state index contributed by atoms with van der Waals surface area (Å²) >= 11 is 0. The summed E-state index contributed by atoms with van der Waals surface area (Å²) in [6.45, 7) is 2.81. The summed E-state index contributed by atoms with van der Waals surface area (Å²) in [4.78, 5) is 22.4. The van der Waals surface area contributed by atoms with Crippen LogP contribution in [0.15, 0.2) is 33.5 Å². The van der Waals surface area contributed by atoms with Crippen LogP contribution in [0.5, 0.6) is 0 Å². The SMILES string of the molecule is O=c1[nH]c(CN2CCCCC2C2OCCO2)nc2c1oc1ccccc12. The number of aromatic amines is 1. The van der Waals surface area contributed by atoms with Crippen LogP contribution < -0.4 is 5.56 Å². The molecular weight excluding hydrogens is 334 g/mol. The number of ether oxygens (including phenoxy) is 2. The van der Waals surface area contributed by atoms with Crippen molar-refractivity contribution in [2.45, 2.75) is 38.1 Å². The number of aromatic nitrogens is 2. The van der Waals surface area contributed by atoms with Gasteiger partial charge in [0.25, 0.3) is 5.56 Å². The van der Waals surface area contributed by atoms with Gasteiger partial charge in [-0.05, 0) is 31.5 Å². The molecule has 0 spiro atoms. The van der Waals surface area contributed by atoms with E-state index < -0.39 is 0 Å². The first-order valence-corrected chi connectivity index (χ1v) is 9.17. The largest absolute Gasteiger partial charge is 0.449 e. The molecule has 3 aromatic rings. The highest BCUT2D eigenvalue weighted by Crippen LogP contribution is 2.27. The monoisotopic (exact) mass is 355 g/mol. The number of furan rings is 1. The first-order valence-electron chi connectivity index (χ1n) is 9.17. The zero-order chi connectivity index (χ0) is 17.5. The fourth-order valence-corrected chi connectivity index (χ4v) is 4.03. The van der Waals surface area contributed by atoms with Gasteiger partial charge in [-0.3, -0.25) is 9.69 Å². The van der Waals surface area contributed by atoms with Crippen LogP contribution in [-0.2, 0) is 16.0 Å². The van der Waals surface area contributed by atoms with Crippen LogP contribution in [-0.4, -0.2) is 47.0 Å². The Labute approximate surface area is 149 Å². The maximum atomic E-state index is 12.5. The molecule has 0 saturated carbocycles. The van der Waals surface area contributed by atoms with E-state index in [2.05, 4.69) is 9.88 Å². The summed E-state index contributed by atoms with van der Waals surface area (Å²) in [6, 6.07) is 7.80. The van der Waals surface area contributed by atoms with Crippen LogP contribution in [0.25, 0.3) is 22.1 Å². The number of piperidine rings is 1. The maximum Gasteiger partial charge on any atom is 0.294 e. The molecular formula is C19H21N3O4. The molecule has 2 aliphatic heterocycles. The minimum atomic E-state index is -0.233. The van der Waals surface area contributed by atoms with E-state index in [-0.39, 0.29) is 23.5 Å². The molecule has 7 nitrogen and oxygen atoms in total. The number of H-pyrrole nitrogens is 1. The Kier molecular flexibility index (Phi) is 4.00. The Morgan fingerprint density at radius 2 is 2.04 bits per heavy atom. The van der Waals surface area contributed by atoms with E-state index >= 15 is 0 Å². The molecule has 2 aliphatic rings. The lowest BCUT2D eigenvalue weighted by Crippen LogP contribution is -2.47. The van der Waals surface area contributed by atoms with Crippen molar-refractivity contribution in [1.29, 1.82) is 0 Å². The topological polar surface area (TPSA) is 80.6 Å². The van der Waals surface area contributed by atoms with Crippen LogP contribution in [0.1, 0.15) is 25.1 Å². The highest BCUT2D eigenvalue weighted by atomic mass is 16.7. The van der Waals surface area contributed by atoms with Crippen LogP contribution in [0.3, 0.4) is 0 Å². The molecule has 5 rings (SSSR count). The van der Waals surface area contributed by atoms with Gasteiger partial charge in [-0.1, -0.05) is 18.6 Å². The van der Waals surface area contributed by atoms with Gasteiger partial charge in [-0.2, -0.15) is 0 Å². The molecule has 7 heteroatoms. The number of nitrogens with zero attached hydrogens (tertiary/aromatic N) is 2. The first-order chi connectivity index (χ1) is 12.8. The molecule has 4 heterocycles. The van der Waals surface area contributed by atoms with E-state index in [0.29, 0.717) is 36.7 Å². The summed E-state index contributed by atoms with van der Waals surface area (Å²) < 4.78 is 17.1. The summed E-state index contributed by atoms with van der Waals surface area (Å²) in [5.74, 6) is 0.652. The van der Waals surface area contributed by atoms with E-state index in [1.165, 1.54) is 6.42 Å². The average Bonchev–Trinajstić information content (AvgIpc) is 3.31. The van der Waals surface area contributed by atoms with Crippen molar-refractivity contribution in [1.82, 2.24) is 14.9 Å². The summed E-state index contributed by atoms with van der Waals surface area (Å²) in [5, 5.41) is 0.868. The van der Waals surface area contributed by atoms with Gasteiger partial charge in [0.2, 0.25) is 5.58 Å². The van der Waals surface area contributed by atoms with Crippen molar-refractivity contribution in [2.75, 3.05) is 19.8 Å². The summed E-state index contributed by atoms with van der Waals surface area (Å²) in [6.07, 6.45) is 3.15. The molecule has 26 heavy (non-hydrogen) atoms. The second kappa shape index (κ2) is 6.50. The second-order valence-electron chi connectivity index (χ2n) is 6.93. The predicted octanol–water partition coefficient (Wildman–Crippen LogP) is 2.40. The summed E-state index contributed by atoms with van der Waals surface area (Å²) in [5.41, 5.74) is 1.36. The number of benzene rings is 1. The quantitative estimate of drug-likeness (QED) is 0.777. The predicted molar refractivity (Wildman–Crippen MR) is 95.9 cm³/mol. The van der Waals surface area contributed by atoms with Gasteiger partial charge in [0.15, 0.2) is 6.29 Å². The van der Waals surface area contributed by atoms with Crippen LogP contribution in [0.2, 0.25) is 0 Å². The smallest absolute Gasteiger partial charge is 0.294 e. The molecule has 2 fully saturated rings. The molecule has 2 saturated heterocycles. The zero-order valence-corrected chi connectivity index (χ0v) is 14.4. The Hall–Kier alpha value is -2.22. The lowest BCUT2D eigenvalue weighted by Gasteiger charge is -2.37. The van der Waals surface area contributed by atoms with E-state index in [1.54, 1.807) is 0 Å². The van der Waals surface area contributed by atoms with Crippen molar-refractivity contribution < 1.29 is 13.9 Å². The Morgan fingerprint density at radius 3 is 2.92 bits per heavy atom. The highest BCUT2D eigenvalue weighted by molar-refractivity contribution is 6.01. The number of likely N-dealkylation sites (tertiary alicyclic amines) is 1. The Balaban J connectivity index is 1.50. The minimum Gasteiger partial charge on any atom is -0.449 e. The first kappa shape index (κ1) is 16.0. The van der Waals surface area contributed by atoms with Crippen LogP contribution >= 0.6 is 0 Å². The molecule has 2 aromatic heterocycles. The van der Waals surface area contributed by atoms with E-state index in [0.717, 1.165) is 24.8 Å². The average molecular weight is 355 g/mol.